The quantitative estimate of drug-likeness (QED) is 0.686. The molecule has 1 N–H and O–H groups in total. The number of thiophene rings is 1. The highest BCUT2D eigenvalue weighted by Gasteiger charge is 2.18. The second kappa shape index (κ2) is 7.19. The summed E-state index contributed by atoms with van der Waals surface area (Å²) >= 11 is 1.73. The van der Waals surface area contributed by atoms with Crippen molar-refractivity contribution in [1.82, 2.24) is 14.9 Å². The van der Waals surface area contributed by atoms with Crippen molar-refractivity contribution >= 4 is 33.1 Å². The normalized spacial score (nSPS) is 14.4. The van der Waals surface area contributed by atoms with Crippen molar-refractivity contribution in [1.29, 1.82) is 0 Å². The lowest BCUT2D eigenvalue weighted by Crippen LogP contribution is -2.27. The number of rotatable bonds is 6. The largest absolute Gasteiger partial charge is 0.370 e. The van der Waals surface area contributed by atoms with E-state index in [1.165, 1.54) is 10.1 Å². The van der Waals surface area contributed by atoms with E-state index in [0.717, 1.165) is 49.6 Å². The first kappa shape index (κ1) is 16.0. The molecule has 0 atom stereocenters. The third-order valence-corrected chi connectivity index (χ3v) is 5.47. The van der Waals surface area contributed by atoms with E-state index in [2.05, 4.69) is 44.9 Å². The molecule has 3 heterocycles. The molecule has 128 valence electrons. The van der Waals surface area contributed by atoms with Gasteiger partial charge in [-0.1, -0.05) is 18.2 Å². The lowest BCUT2D eigenvalue weighted by atomic mass is 10.1. The molecular formula is C19H20N4OS. The number of likely N-dealkylation sites (tertiary alicyclic amines) is 1. The van der Waals surface area contributed by atoms with Gasteiger partial charge in [0.25, 0.3) is 0 Å². The van der Waals surface area contributed by atoms with Gasteiger partial charge in [-0.3, -0.25) is 4.79 Å². The van der Waals surface area contributed by atoms with Gasteiger partial charge in [0.2, 0.25) is 5.91 Å². The van der Waals surface area contributed by atoms with E-state index in [4.69, 9.17) is 0 Å². The van der Waals surface area contributed by atoms with Crippen LogP contribution < -0.4 is 5.32 Å². The number of nitrogens with zero attached hydrogens (tertiary/aromatic N) is 3. The standard InChI is InChI=1S/C19H20N4OS/c24-19-7-3-9-23(19)10-4-8-20-18-11-16(21-13-22-18)15-12-25-17-6-2-1-5-14(15)17/h1-2,5-6,11-13H,3-4,7-10H2,(H,20,21,22). The van der Waals surface area contributed by atoms with Crippen LogP contribution in [0.15, 0.2) is 42.0 Å². The van der Waals surface area contributed by atoms with Crippen molar-refractivity contribution in [2.24, 2.45) is 0 Å². The highest BCUT2D eigenvalue weighted by molar-refractivity contribution is 7.17. The zero-order valence-corrected chi connectivity index (χ0v) is 14.8. The van der Waals surface area contributed by atoms with Gasteiger partial charge in [0.15, 0.2) is 0 Å². The minimum Gasteiger partial charge on any atom is -0.370 e. The Morgan fingerprint density at radius 2 is 2.16 bits per heavy atom. The molecule has 4 rings (SSSR count). The summed E-state index contributed by atoms with van der Waals surface area (Å²) in [5, 5.41) is 6.72. The molecule has 0 spiro atoms. The minimum atomic E-state index is 0.286. The maximum atomic E-state index is 11.6. The minimum absolute atomic E-state index is 0.286. The van der Waals surface area contributed by atoms with Gasteiger partial charge < -0.3 is 10.2 Å². The van der Waals surface area contributed by atoms with Crippen LogP contribution in [0.1, 0.15) is 19.3 Å². The molecule has 1 fully saturated rings. The summed E-state index contributed by atoms with van der Waals surface area (Å²) < 4.78 is 1.26. The van der Waals surface area contributed by atoms with Crippen molar-refractivity contribution in [2.75, 3.05) is 25.0 Å². The Labute approximate surface area is 150 Å². The Kier molecular flexibility index (Phi) is 4.61. The number of hydrogen-bond acceptors (Lipinski definition) is 5. The van der Waals surface area contributed by atoms with Gasteiger partial charge in [-0.15, -0.1) is 11.3 Å². The highest BCUT2D eigenvalue weighted by Crippen LogP contribution is 2.33. The Morgan fingerprint density at radius 3 is 3.04 bits per heavy atom. The SMILES string of the molecule is O=C1CCCN1CCCNc1cc(-c2csc3ccccc23)ncn1. The predicted molar refractivity (Wildman–Crippen MR) is 102 cm³/mol. The summed E-state index contributed by atoms with van der Waals surface area (Å²) in [6, 6.07) is 10.4. The number of aromatic nitrogens is 2. The van der Waals surface area contributed by atoms with Crippen molar-refractivity contribution < 1.29 is 4.79 Å². The van der Waals surface area contributed by atoms with E-state index in [-0.39, 0.29) is 5.91 Å². The average Bonchev–Trinajstić information content (AvgIpc) is 3.25. The molecule has 6 heteroatoms. The summed E-state index contributed by atoms with van der Waals surface area (Å²) in [7, 11) is 0. The smallest absolute Gasteiger partial charge is 0.222 e. The van der Waals surface area contributed by atoms with E-state index in [1.54, 1.807) is 17.7 Å². The molecule has 0 radical (unpaired) electrons. The van der Waals surface area contributed by atoms with Crippen molar-refractivity contribution in [3.8, 4) is 11.3 Å². The summed E-state index contributed by atoms with van der Waals surface area (Å²) in [6.45, 7) is 2.52. The first-order chi connectivity index (χ1) is 12.3. The fourth-order valence-corrected chi connectivity index (χ4v) is 4.16. The van der Waals surface area contributed by atoms with Crippen LogP contribution in [0.25, 0.3) is 21.3 Å². The van der Waals surface area contributed by atoms with Crippen LogP contribution in [0.3, 0.4) is 0 Å². The molecule has 1 aliphatic heterocycles. The van der Waals surface area contributed by atoms with Crippen LogP contribution in [0.2, 0.25) is 0 Å². The van der Waals surface area contributed by atoms with Gasteiger partial charge in [-0.25, -0.2) is 9.97 Å². The molecule has 5 nitrogen and oxygen atoms in total. The monoisotopic (exact) mass is 352 g/mol. The van der Waals surface area contributed by atoms with Gasteiger partial charge in [0, 0.05) is 53.2 Å². The number of carbonyl (C=O) groups excluding carboxylic acids is 1. The Morgan fingerprint density at radius 1 is 1.24 bits per heavy atom. The second-order valence-electron chi connectivity index (χ2n) is 6.20. The molecule has 1 amide bonds. The first-order valence-corrected chi connectivity index (χ1v) is 9.49. The third kappa shape index (κ3) is 3.49. The fourth-order valence-electron chi connectivity index (χ4n) is 3.20. The van der Waals surface area contributed by atoms with Crippen LogP contribution in [-0.4, -0.2) is 40.4 Å². The molecule has 25 heavy (non-hydrogen) atoms. The van der Waals surface area contributed by atoms with E-state index in [9.17, 15) is 4.79 Å². The number of nitrogens with one attached hydrogen (secondary N) is 1. The maximum absolute atomic E-state index is 11.6. The lowest BCUT2D eigenvalue weighted by Gasteiger charge is -2.15. The average molecular weight is 352 g/mol. The van der Waals surface area contributed by atoms with Crippen LogP contribution >= 0.6 is 11.3 Å². The van der Waals surface area contributed by atoms with Gasteiger partial charge in [0.05, 0.1) is 5.69 Å². The zero-order valence-electron chi connectivity index (χ0n) is 13.9. The molecular weight excluding hydrogens is 332 g/mol. The zero-order chi connectivity index (χ0) is 17.1. The van der Waals surface area contributed by atoms with Crippen LogP contribution in [-0.2, 0) is 4.79 Å². The molecule has 1 aliphatic rings. The van der Waals surface area contributed by atoms with Crippen LogP contribution in [0.5, 0.6) is 0 Å². The maximum Gasteiger partial charge on any atom is 0.222 e. The highest BCUT2D eigenvalue weighted by atomic mass is 32.1. The molecule has 2 aromatic heterocycles. The van der Waals surface area contributed by atoms with E-state index in [1.807, 2.05) is 11.0 Å². The van der Waals surface area contributed by atoms with Crippen molar-refractivity contribution in [2.45, 2.75) is 19.3 Å². The lowest BCUT2D eigenvalue weighted by molar-refractivity contribution is -0.127. The fraction of sp³-hybridized carbons (Fsp3) is 0.316. The van der Waals surface area contributed by atoms with Gasteiger partial charge in [-0.05, 0) is 18.9 Å². The van der Waals surface area contributed by atoms with Crippen molar-refractivity contribution in [3.05, 3.63) is 42.0 Å². The Bertz CT molecular complexity index is 892. The number of carbonyl (C=O) groups is 1. The van der Waals surface area contributed by atoms with Gasteiger partial charge in [0.1, 0.15) is 12.1 Å². The van der Waals surface area contributed by atoms with E-state index in [0.29, 0.717) is 6.42 Å². The van der Waals surface area contributed by atoms with Crippen LogP contribution in [0, 0.1) is 0 Å². The van der Waals surface area contributed by atoms with E-state index >= 15 is 0 Å². The number of hydrogen-bond donors (Lipinski definition) is 1. The number of anilines is 1. The van der Waals surface area contributed by atoms with Crippen LogP contribution in [0.4, 0.5) is 5.82 Å². The number of fused-ring (bicyclic) bond motifs is 1. The molecule has 0 aliphatic carbocycles. The Hall–Kier alpha value is -2.47. The summed E-state index contributed by atoms with van der Waals surface area (Å²) in [5.41, 5.74) is 2.08. The molecule has 1 aromatic carbocycles. The summed E-state index contributed by atoms with van der Waals surface area (Å²) in [4.78, 5) is 22.3. The summed E-state index contributed by atoms with van der Waals surface area (Å²) in [6.07, 6.45) is 4.23. The molecule has 0 unspecified atom stereocenters. The van der Waals surface area contributed by atoms with E-state index < -0.39 is 0 Å². The topological polar surface area (TPSA) is 58.1 Å². The molecule has 3 aromatic rings. The number of amides is 1. The van der Waals surface area contributed by atoms with Crippen molar-refractivity contribution in [3.63, 3.8) is 0 Å². The third-order valence-electron chi connectivity index (χ3n) is 4.51. The molecule has 0 saturated carbocycles. The molecule has 1 saturated heterocycles. The predicted octanol–water partition coefficient (Wildman–Crippen LogP) is 3.78. The molecule has 0 bridgehead atoms. The first-order valence-electron chi connectivity index (χ1n) is 8.61. The van der Waals surface area contributed by atoms with Gasteiger partial charge in [-0.2, -0.15) is 0 Å². The Balaban J connectivity index is 1.40. The summed E-state index contributed by atoms with van der Waals surface area (Å²) in [5.74, 6) is 1.11. The second-order valence-corrected chi connectivity index (χ2v) is 7.11. The van der Waals surface area contributed by atoms with Gasteiger partial charge >= 0.3 is 0 Å². The number of benzene rings is 1.